The lowest BCUT2D eigenvalue weighted by atomic mass is 9.99. The minimum Gasteiger partial charge on any atom is -0.392 e. The van der Waals surface area contributed by atoms with E-state index in [-0.39, 0.29) is 14.0 Å². The van der Waals surface area contributed by atoms with E-state index in [0.717, 1.165) is 207 Å². The molecule has 2 atom stereocenters. The molecule has 0 aliphatic heterocycles. The molecule has 0 saturated heterocycles. The maximum atomic E-state index is 9.72. The van der Waals surface area contributed by atoms with Crippen molar-refractivity contribution >= 4 is 129 Å². The fourth-order valence-electron chi connectivity index (χ4n) is 14.4. The number of hydrogen-bond donors (Lipinski definition) is 6. The molecule has 0 aliphatic rings. The summed E-state index contributed by atoms with van der Waals surface area (Å²) in [5.74, 6) is 2.19. The predicted octanol–water partition coefficient (Wildman–Crippen LogP) is 19.3. The van der Waals surface area contributed by atoms with Gasteiger partial charge in [0.1, 0.15) is 32.2 Å². The standard InChI is InChI=1S/C29H28BN6P.C28H26N6.C25H19BN5OP.C4H11N.CH4/c1-4-35(5-2)18-21-10-8-12-25-27(21)33-29(32-25)28-23-15-19(13-14-26(23)36(34-28)37(3)30)24-17-31-16-20-9-6-7-11-22(20)24;1-3-34(4-2)17-20-9-7-11-25-26(20)31-28(30-25)27-22-14-18(12-13-24(22)32-33-27)23-16-29-15-19-8-5-6-10-21(19)23;1-33(26)31-22-10-9-15(20-13-27-12-16-5-2-3-7-18(16)20)11-19(22)24(30-31)25-28-21-8-4-6-17(14-32)23(21)29-25;1-3-5-4-2;/h6-17H,4-5,18H2,1-3H3,(H,32,33);5-16H,3-4,17H2,1-2H3,(H,30,31)(H,32,33);2-13,32H,14H2,1H3,(H,28,29);5H,3-4H2,1-2H3;1H4. The molecule has 0 saturated carbocycles. The normalized spacial score (nSPS) is 12.1. The van der Waals surface area contributed by atoms with Crippen molar-refractivity contribution in [2.24, 2.45) is 0 Å². The van der Waals surface area contributed by atoms with Gasteiger partial charge in [0.15, 0.2) is 17.5 Å². The number of imidazole rings is 3. The van der Waals surface area contributed by atoms with Crippen LogP contribution in [0.25, 0.3) is 166 Å². The van der Waals surface area contributed by atoms with Crippen molar-refractivity contribution in [1.82, 2.24) is 89.3 Å². The first-order valence-electron chi connectivity index (χ1n) is 37.1. The minimum absolute atomic E-state index is 0. The number of aliphatic hydroxyl groups excluding tert-OH is 1. The van der Waals surface area contributed by atoms with Gasteiger partial charge in [0.25, 0.3) is 0 Å². The fraction of sp³-hybridized carbons (Fsp3) is 0.207. The van der Waals surface area contributed by atoms with Crippen molar-refractivity contribution in [2.75, 3.05) is 52.6 Å². The summed E-state index contributed by atoms with van der Waals surface area (Å²) in [6.45, 7) is 24.8. The van der Waals surface area contributed by atoms with Gasteiger partial charge >= 0.3 is 0 Å². The Kier molecular flexibility index (Phi) is 23.2. The van der Waals surface area contributed by atoms with E-state index < -0.39 is 15.9 Å². The highest BCUT2D eigenvalue weighted by Crippen LogP contribution is 2.42. The molecule has 18 aromatic rings. The number of hydrogen-bond acceptors (Lipinski definition) is 13. The molecule has 9 aromatic heterocycles. The molecule has 110 heavy (non-hydrogen) atoms. The summed E-state index contributed by atoms with van der Waals surface area (Å²) in [6.07, 6.45) is 11.5. The zero-order valence-corrected chi connectivity index (χ0v) is 64.2. The maximum Gasteiger partial charge on any atom is 0.159 e. The van der Waals surface area contributed by atoms with Gasteiger partial charge < -0.3 is 25.4 Å². The van der Waals surface area contributed by atoms with Crippen LogP contribution in [-0.4, -0.2) is 157 Å². The largest absolute Gasteiger partial charge is 0.392 e. The first-order chi connectivity index (χ1) is 53.4. The highest BCUT2D eigenvalue weighted by Gasteiger charge is 2.24. The van der Waals surface area contributed by atoms with E-state index in [9.17, 15) is 5.11 Å². The third-order valence-corrected chi connectivity index (χ3v) is 21.9. The molecule has 0 spiro atoms. The first kappa shape index (κ1) is 75.7. The Labute approximate surface area is 644 Å². The van der Waals surface area contributed by atoms with Crippen molar-refractivity contribution in [2.45, 2.75) is 68.7 Å². The molecule has 0 amide bonds. The van der Waals surface area contributed by atoms with Crippen molar-refractivity contribution in [1.29, 1.82) is 0 Å². The SMILES string of the molecule is C.CCN(CC)Cc1cccc2[nH]c(-c3n[nH]c4ccc(-c5cncc6ccccc56)cc34)nc12.CCNCC.[B]P(C)n1nc(-c2nc3c(CN(CC)CC)cccc3[nH]2)c2cc(-c3cncc4ccccc34)ccc21.[B]P(C)n1nc(-c2nc3c(CO)cccc3[nH]2)c2cc(-c3cncc4ccccc34)ccc21. The van der Waals surface area contributed by atoms with Crippen LogP contribution in [0.5, 0.6) is 0 Å². The number of fused-ring (bicyclic) bond motifs is 9. The number of rotatable bonds is 19. The average molecular weight is 1490 g/mol. The molecule has 18 rings (SSSR count). The van der Waals surface area contributed by atoms with Crippen LogP contribution in [0.1, 0.15) is 65.7 Å². The summed E-state index contributed by atoms with van der Waals surface area (Å²) in [5, 5.41) is 40.3. The third-order valence-electron chi connectivity index (χ3n) is 20.1. The molecule has 9 aromatic carbocycles. The Bertz CT molecular complexity index is 6250. The van der Waals surface area contributed by atoms with Gasteiger partial charge in [0, 0.05) is 105 Å². The van der Waals surface area contributed by atoms with Gasteiger partial charge in [-0.2, -0.15) is 15.3 Å². The highest BCUT2D eigenvalue weighted by molar-refractivity contribution is 7.80. The number of aliphatic hydroxyl groups is 1. The second-order valence-electron chi connectivity index (χ2n) is 26.9. The summed E-state index contributed by atoms with van der Waals surface area (Å²) in [6, 6.07) is 62.5. The van der Waals surface area contributed by atoms with Gasteiger partial charge in [0.2, 0.25) is 0 Å². The number of H-pyrrole nitrogens is 4. The number of nitrogens with one attached hydrogen (secondary N) is 5. The Morgan fingerprint density at radius 1 is 0.409 bits per heavy atom. The number of pyridine rings is 3. The molecule has 23 heteroatoms. The van der Waals surface area contributed by atoms with Gasteiger partial charge in [0.05, 0.1) is 56.3 Å². The monoisotopic (exact) mass is 1480 g/mol. The number of aromatic amines is 4. The Balaban J connectivity index is 0.000000133. The minimum atomic E-state index is -0.979. The van der Waals surface area contributed by atoms with Crippen LogP contribution in [0.3, 0.4) is 0 Å². The molecular weight excluding hydrogens is 1400 g/mol. The molecule has 9 heterocycles. The molecule has 0 bridgehead atoms. The maximum absolute atomic E-state index is 9.72. The molecule has 19 nitrogen and oxygen atoms in total. The fourth-order valence-corrected chi connectivity index (χ4v) is 15.9. The number of para-hydroxylation sites is 3. The molecule has 2 unspecified atom stereocenters. The summed E-state index contributed by atoms with van der Waals surface area (Å²) in [4.78, 5) is 43.5. The first-order valence-corrected chi connectivity index (χ1v) is 40.7. The van der Waals surface area contributed by atoms with E-state index in [1.54, 1.807) is 0 Å². The lowest BCUT2D eigenvalue weighted by Gasteiger charge is -2.17. The van der Waals surface area contributed by atoms with E-state index in [2.05, 4.69) is 236 Å². The van der Waals surface area contributed by atoms with E-state index >= 15 is 0 Å². The topological polar surface area (TPSA) is 228 Å². The average Bonchev–Trinajstić information content (AvgIpc) is 1.60. The Morgan fingerprint density at radius 2 is 0.782 bits per heavy atom. The molecule has 0 fully saturated rings. The van der Waals surface area contributed by atoms with Gasteiger partial charge in [-0.3, -0.25) is 38.8 Å². The number of nitrogens with zero attached hydrogens (tertiary/aromatic N) is 13. The number of aromatic nitrogens is 15. The van der Waals surface area contributed by atoms with Crippen LogP contribution in [-0.2, 0) is 19.7 Å². The van der Waals surface area contributed by atoms with Gasteiger partial charge in [-0.15, -0.1) is 0 Å². The molecule has 0 aliphatic carbocycles. The Hall–Kier alpha value is -11.1. The zero-order chi connectivity index (χ0) is 75.2. The molecule has 6 N–H and O–H groups in total. The summed E-state index contributed by atoms with van der Waals surface area (Å²) in [7, 11) is 10.8. The van der Waals surface area contributed by atoms with Crippen molar-refractivity contribution in [3.63, 3.8) is 0 Å². The van der Waals surface area contributed by atoms with Crippen LogP contribution in [0, 0.1) is 0 Å². The molecule has 4 radical (unpaired) electrons. The summed E-state index contributed by atoms with van der Waals surface area (Å²) in [5.41, 5.74) is 20.7. The summed E-state index contributed by atoms with van der Waals surface area (Å²) < 4.78 is 3.82. The van der Waals surface area contributed by atoms with Crippen molar-refractivity contribution in [3.05, 3.63) is 236 Å². The van der Waals surface area contributed by atoms with Gasteiger partial charge in [-0.1, -0.05) is 176 Å². The molecule has 548 valence electrons. The lowest BCUT2D eigenvalue weighted by Crippen LogP contribution is -2.22. The quantitative estimate of drug-likeness (QED) is 0.0327. The summed E-state index contributed by atoms with van der Waals surface area (Å²) >= 11 is 0. The smallest absolute Gasteiger partial charge is 0.159 e. The van der Waals surface area contributed by atoms with Crippen LogP contribution < -0.4 is 5.32 Å². The zero-order valence-electron chi connectivity index (χ0n) is 62.5. The van der Waals surface area contributed by atoms with Crippen LogP contribution >= 0.6 is 15.9 Å². The highest BCUT2D eigenvalue weighted by atomic mass is 31.1. The predicted molar refractivity (Wildman–Crippen MR) is 461 cm³/mol. The van der Waals surface area contributed by atoms with E-state index in [0.29, 0.717) is 5.82 Å². The van der Waals surface area contributed by atoms with E-state index in [1.807, 2.05) is 102 Å². The van der Waals surface area contributed by atoms with E-state index in [4.69, 9.17) is 40.3 Å². The van der Waals surface area contributed by atoms with Crippen molar-refractivity contribution in [3.8, 4) is 67.9 Å². The van der Waals surface area contributed by atoms with E-state index in [1.165, 1.54) is 21.9 Å². The second kappa shape index (κ2) is 33.8. The van der Waals surface area contributed by atoms with Crippen LogP contribution in [0.2, 0.25) is 0 Å². The Morgan fingerprint density at radius 3 is 1.16 bits per heavy atom. The van der Waals surface area contributed by atoms with Gasteiger partial charge in [-0.05, 0) is 167 Å². The molecular formula is C87H88B2N18OP2. The van der Waals surface area contributed by atoms with Crippen LogP contribution in [0.15, 0.2) is 219 Å². The second-order valence-corrected chi connectivity index (χ2v) is 29.9. The number of benzene rings is 9. The third kappa shape index (κ3) is 15.2. The van der Waals surface area contributed by atoms with Crippen molar-refractivity contribution < 1.29 is 5.11 Å². The van der Waals surface area contributed by atoms with Gasteiger partial charge in [-0.25, -0.2) is 15.0 Å². The van der Waals surface area contributed by atoms with Crippen LogP contribution in [0.4, 0.5) is 0 Å². The lowest BCUT2D eigenvalue weighted by molar-refractivity contribution is 0.283.